The number of benzene rings is 1. The summed E-state index contributed by atoms with van der Waals surface area (Å²) in [4.78, 5) is 0. The van der Waals surface area contributed by atoms with Crippen molar-refractivity contribution in [1.29, 1.82) is 5.26 Å². The Hall–Kier alpha value is -1.60. The molecule has 1 saturated carbocycles. The number of halogens is 1. The first-order chi connectivity index (χ1) is 7.10. The van der Waals surface area contributed by atoms with Crippen LogP contribution in [0.2, 0.25) is 0 Å². The molecule has 4 heteroatoms. The Labute approximate surface area is 87.3 Å². The van der Waals surface area contributed by atoms with Gasteiger partial charge in [0.05, 0.1) is 12.7 Å². The zero-order valence-electron chi connectivity index (χ0n) is 8.38. The molecule has 2 N–H and O–H groups in total. The zero-order chi connectivity index (χ0) is 11.1. The highest BCUT2D eigenvalue weighted by Gasteiger charge is 2.40. The van der Waals surface area contributed by atoms with Crippen molar-refractivity contribution >= 4 is 0 Å². The fourth-order valence-electron chi connectivity index (χ4n) is 1.59. The molecule has 0 aromatic heterocycles. The van der Waals surface area contributed by atoms with Crippen LogP contribution in [0, 0.1) is 17.1 Å². The molecular formula is C11H11FN2O. The van der Waals surface area contributed by atoms with Crippen molar-refractivity contribution in [3.8, 4) is 11.8 Å². The molecule has 15 heavy (non-hydrogen) atoms. The summed E-state index contributed by atoms with van der Waals surface area (Å²) in [6, 6.07) is 4.87. The molecule has 1 aliphatic carbocycles. The third-order valence-electron chi connectivity index (χ3n) is 2.73. The molecule has 3 nitrogen and oxygen atoms in total. The van der Waals surface area contributed by atoms with Crippen LogP contribution in [0.3, 0.4) is 0 Å². The summed E-state index contributed by atoms with van der Waals surface area (Å²) in [7, 11) is 1.34. The van der Waals surface area contributed by atoms with Gasteiger partial charge in [0, 0.05) is 5.54 Å². The first kappa shape index (κ1) is 9.94. The van der Waals surface area contributed by atoms with Crippen LogP contribution in [-0.4, -0.2) is 7.11 Å². The molecule has 78 valence electrons. The van der Waals surface area contributed by atoms with E-state index in [4.69, 9.17) is 15.7 Å². The van der Waals surface area contributed by atoms with Crippen molar-refractivity contribution in [2.24, 2.45) is 5.73 Å². The van der Waals surface area contributed by atoms with Gasteiger partial charge in [-0.1, -0.05) is 0 Å². The van der Waals surface area contributed by atoms with Crippen molar-refractivity contribution in [3.05, 3.63) is 29.1 Å². The van der Waals surface area contributed by atoms with E-state index in [-0.39, 0.29) is 11.3 Å². The van der Waals surface area contributed by atoms with Crippen LogP contribution in [0.5, 0.6) is 5.75 Å². The van der Waals surface area contributed by atoms with E-state index in [0.29, 0.717) is 5.56 Å². The van der Waals surface area contributed by atoms with E-state index in [1.807, 2.05) is 6.07 Å². The minimum Gasteiger partial charge on any atom is -0.492 e. The van der Waals surface area contributed by atoms with Gasteiger partial charge in [-0.2, -0.15) is 5.26 Å². The van der Waals surface area contributed by atoms with Gasteiger partial charge >= 0.3 is 0 Å². The summed E-state index contributed by atoms with van der Waals surface area (Å²) in [5.74, 6) is -0.534. The first-order valence-electron chi connectivity index (χ1n) is 4.68. The molecule has 0 atom stereocenters. The van der Waals surface area contributed by atoms with E-state index in [0.717, 1.165) is 12.8 Å². The smallest absolute Gasteiger partial charge is 0.172 e. The Kier molecular flexibility index (Phi) is 2.13. The maximum atomic E-state index is 13.5. The van der Waals surface area contributed by atoms with Crippen molar-refractivity contribution in [2.45, 2.75) is 18.4 Å². The number of methoxy groups -OCH3 is 1. The standard InChI is InChI=1S/C11H11FN2O/c1-15-10-7(6-13)4-8(5-9(10)12)11(14)2-3-11/h4-5H,2-3,14H2,1H3. The summed E-state index contributed by atoms with van der Waals surface area (Å²) in [5, 5.41) is 8.85. The molecule has 0 spiro atoms. The van der Waals surface area contributed by atoms with Gasteiger partial charge in [-0.15, -0.1) is 0 Å². The second-order valence-electron chi connectivity index (χ2n) is 3.81. The molecule has 0 unspecified atom stereocenters. The Morgan fingerprint density at radius 2 is 2.20 bits per heavy atom. The van der Waals surface area contributed by atoms with Gasteiger partial charge in [0.25, 0.3) is 0 Å². The summed E-state index contributed by atoms with van der Waals surface area (Å²) in [6.45, 7) is 0. The highest BCUT2D eigenvalue weighted by Crippen LogP contribution is 2.44. The van der Waals surface area contributed by atoms with Crippen LogP contribution in [0.1, 0.15) is 24.0 Å². The molecule has 1 aromatic carbocycles. The van der Waals surface area contributed by atoms with Crippen LogP contribution >= 0.6 is 0 Å². The predicted molar refractivity (Wildman–Crippen MR) is 52.8 cm³/mol. The normalized spacial score (nSPS) is 16.9. The number of nitrogens with two attached hydrogens (primary N) is 1. The summed E-state index contributed by atoms with van der Waals surface area (Å²) in [5.41, 5.74) is 6.38. The summed E-state index contributed by atoms with van der Waals surface area (Å²) >= 11 is 0. The highest BCUT2D eigenvalue weighted by molar-refractivity contribution is 5.49. The lowest BCUT2D eigenvalue weighted by atomic mass is 10.0. The largest absolute Gasteiger partial charge is 0.492 e. The van der Waals surface area contributed by atoms with Crippen molar-refractivity contribution in [3.63, 3.8) is 0 Å². The quantitative estimate of drug-likeness (QED) is 0.800. The lowest BCUT2D eigenvalue weighted by Gasteiger charge is -2.12. The van der Waals surface area contributed by atoms with Crippen LogP contribution < -0.4 is 10.5 Å². The SMILES string of the molecule is COc1c(F)cc(C2(N)CC2)cc1C#N. The van der Waals surface area contributed by atoms with Crippen molar-refractivity contribution < 1.29 is 9.13 Å². The van der Waals surface area contributed by atoms with Gasteiger partial charge in [-0.25, -0.2) is 4.39 Å². The number of hydrogen-bond donors (Lipinski definition) is 1. The fraction of sp³-hybridized carbons (Fsp3) is 0.364. The second-order valence-corrected chi connectivity index (χ2v) is 3.81. The molecule has 0 bridgehead atoms. The third-order valence-corrected chi connectivity index (χ3v) is 2.73. The Morgan fingerprint density at radius 3 is 2.67 bits per heavy atom. The van der Waals surface area contributed by atoms with Crippen LogP contribution in [0.25, 0.3) is 0 Å². The van der Waals surface area contributed by atoms with Gasteiger partial charge in [0.1, 0.15) is 6.07 Å². The average molecular weight is 206 g/mol. The molecule has 0 heterocycles. The molecule has 1 fully saturated rings. The summed E-state index contributed by atoms with van der Waals surface area (Å²) in [6.07, 6.45) is 1.67. The molecule has 0 radical (unpaired) electrons. The number of rotatable bonds is 2. The maximum Gasteiger partial charge on any atom is 0.172 e. The van der Waals surface area contributed by atoms with E-state index in [1.54, 1.807) is 6.07 Å². The molecule has 0 aliphatic heterocycles. The highest BCUT2D eigenvalue weighted by atomic mass is 19.1. The van der Waals surface area contributed by atoms with E-state index in [1.165, 1.54) is 13.2 Å². The Balaban J connectivity index is 2.54. The molecular weight excluding hydrogens is 195 g/mol. The molecule has 1 aromatic rings. The van der Waals surface area contributed by atoms with Crippen LogP contribution in [-0.2, 0) is 5.54 Å². The minimum absolute atomic E-state index is 0.00880. The van der Waals surface area contributed by atoms with Gasteiger partial charge in [0.15, 0.2) is 11.6 Å². The Morgan fingerprint density at radius 1 is 1.53 bits per heavy atom. The monoisotopic (exact) mass is 206 g/mol. The molecule has 0 amide bonds. The van der Waals surface area contributed by atoms with Gasteiger partial charge < -0.3 is 10.5 Å². The third kappa shape index (κ3) is 1.55. The topological polar surface area (TPSA) is 59.0 Å². The molecule has 1 aliphatic rings. The Bertz CT molecular complexity index is 447. The van der Waals surface area contributed by atoms with E-state index in [2.05, 4.69) is 0 Å². The van der Waals surface area contributed by atoms with Gasteiger partial charge in [0.2, 0.25) is 0 Å². The average Bonchev–Trinajstić information content (AvgIpc) is 2.96. The van der Waals surface area contributed by atoms with Crippen molar-refractivity contribution in [2.75, 3.05) is 7.11 Å². The van der Waals surface area contributed by atoms with Crippen molar-refractivity contribution in [1.82, 2.24) is 0 Å². The van der Waals surface area contributed by atoms with Crippen LogP contribution in [0.4, 0.5) is 4.39 Å². The number of hydrogen-bond acceptors (Lipinski definition) is 3. The molecule has 0 saturated heterocycles. The molecule has 2 rings (SSSR count). The fourth-order valence-corrected chi connectivity index (χ4v) is 1.59. The summed E-state index contributed by atoms with van der Waals surface area (Å²) < 4.78 is 18.3. The number of ether oxygens (including phenoxy) is 1. The number of nitrogens with zero attached hydrogens (tertiary/aromatic N) is 1. The van der Waals surface area contributed by atoms with Crippen LogP contribution in [0.15, 0.2) is 12.1 Å². The maximum absolute atomic E-state index is 13.5. The zero-order valence-corrected chi connectivity index (χ0v) is 8.38. The number of nitriles is 1. The van der Waals surface area contributed by atoms with Gasteiger partial charge in [-0.3, -0.25) is 0 Å². The van der Waals surface area contributed by atoms with E-state index < -0.39 is 11.4 Å². The van der Waals surface area contributed by atoms with E-state index in [9.17, 15) is 4.39 Å². The second kappa shape index (κ2) is 3.21. The lowest BCUT2D eigenvalue weighted by Crippen LogP contribution is -2.19. The lowest BCUT2D eigenvalue weighted by molar-refractivity contribution is 0.384. The first-order valence-corrected chi connectivity index (χ1v) is 4.68. The van der Waals surface area contributed by atoms with Gasteiger partial charge in [-0.05, 0) is 30.5 Å². The minimum atomic E-state index is -0.525. The predicted octanol–water partition coefficient (Wildman–Crippen LogP) is 1.65. The van der Waals surface area contributed by atoms with E-state index >= 15 is 0 Å².